The summed E-state index contributed by atoms with van der Waals surface area (Å²) in [7, 11) is 0. The third-order valence-corrected chi connectivity index (χ3v) is 1.73. The fourth-order valence-electron chi connectivity index (χ4n) is 0.596. The lowest BCUT2D eigenvalue weighted by Crippen LogP contribution is -1.95. The van der Waals surface area contributed by atoms with Gasteiger partial charge >= 0.3 is 0 Å². The van der Waals surface area contributed by atoms with Gasteiger partial charge < -0.3 is 5.73 Å². The van der Waals surface area contributed by atoms with Crippen LogP contribution in [0.15, 0.2) is 12.3 Å². The Balaban J connectivity index is 3.14. The average Bonchev–Trinajstić information content (AvgIpc) is 1.95. The number of alkyl halides is 1. The van der Waals surface area contributed by atoms with Crippen molar-refractivity contribution in [3.63, 3.8) is 0 Å². The van der Waals surface area contributed by atoms with Gasteiger partial charge in [0.25, 0.3) is 0 Å². The molecule has 0 aliphatic rings. The first-order valence-corrected chi connectivity index (χ1v) is 3.61. The molecule has 1 aromatic rings. The molecule has 0 fully saturated rings. The van der Waals surface area contributed by atoms with Gasteiger partial charge in [-0.1, -0.05) is 11.6 Å². The number of hydrogen-bond acceptors (Lipinski definition) is 2. The molecule has 2 N–H and O–H groups in total. The largest absolute Gasteiger partial charge is 0.396 e. The normalized spacial score (nSPS) is 9.80. The second kappa shape index (κ2) is 3.08. The Labute approximate surface area is 69.0 Å². The van der Waals surface area contributed by atoms with Crippen LogP contribution in [0.25, 0.3) is 0 Å². The number of aromatic nitrogens is 1. The van der Waals surface area contributed by atoms with E-state index < -0.39 is 0 Å². The maximum absolute atomic E-state index is 5.67. The quantitative estimate of drug-likeness (QED) is 0.666. The minimum Gasteiger partial charge on any atom is -0.396 e. The molecule has 0 radical (unpaired) electrons. The van der Waals surface area contributed by atoms with E-state index in [4.69, 9.17) is 28.9 Å². The Hall–Kier alpha value is -0.470. The molecule has 1 aromatic heterocycles. The van der Waals surface area contributed by atoms with Crippen molar-refractivity contribution in [2.75, 3.05) is 5.73 Å². The molecule has 0 amide bonds. The van der Waals surface area contributed by atoms with E-state index in [1.165, 1.54) is 0 Å². The van der Waals surface area contributed by atoms with Crippen LogP contribution in [-0.2, 0) is 5.88 Å². The summed E-state index contributed by atoms with van der Waals surface area (Å²) in [5, 5.41) is 0.505. The summed E-state index contributed by atoms with van der Waals surface area (Å²) in [6, 6.07) is 1.63. The lowest BCUT2D eigenvalue weighted by molar-refractivity contribution is 1.18. The summed E-state index contributed by atoms with van der Waals surface area (Å²) < 4.78 is 0. The fraction of sp³-hybridized carbons (Fsp3) is 0.167. The molecule has 1 rings (SSSR count). The summed E-state index contributed by atoms with van der Waals surface area (Å²) in [5.41, 5.74) is 6.62. The van der Waals surface area contributed by atoms with E-state index in [9.17, 15) is 0 Å². The Morgan fingerprint density at radius 3 is 2.80 bits per heavy atom. The summed E-state index contributed by atoms with van der Waals surface area (Å²) in [6.07, 6.45) is 1.58. The monoisotopic (exact) mass is 176 g/mol. The zero-order valence-electron chi connectivity index (χ0n) is 5.14. The van der Waals surface area contributed by atoms with Gasteiger partial charge in [0.1, 0.15) is 0 Å². The minimum absolute atomic E-state index is 0.298. The first-order chi connectivity index (χ1) is 4.75. The van der Waals surface area contributed by atoms with E-state index in [0.717, 1.165) is 0 Å². The molecule has 0 aromatic carbocycles. The number of halogens is 2. The van der Waals surface area contributed by atoms with Gasteiger partial charge in [0.2, 0.25) is 0 Å². The number of hydrogen-bond donors (Lipinski definition) is 1. The second-order valence-corrected chi connectivity index (χ2v) is 2.46. The number of nitrogens with zero attached hydrogens (tertiary/aromatic N) is 1. The topological polar surface area (TPSA) is 38.9 Å². The van der Waals surface area contributed by atoms with E-state index >= 15 is 0 Å². The molecule has 0 aliphatic heterocycles. The standard InChI is InChI=1S/C6H6Cl2N2/c7-3-5-6(9)4(8)1-2-10-5/h1-2H,3,9H2. The van der Waals surface area contributed by atoms with Crippen LogP contribution in [0.3, 0.4) is 0 Å². The van der Waals surface area contributed by atoms with E-state index in [0.29, 0.717) is 22.3 Å². The molecular weight excluding hydrogens is 171 g/mol. The van der Waals surface area contributed by atoms with Gasteiger partial charge in [-0.15, -0.1) is 11.6 Å². The van der Waals surface area contributed by atoms with Crippen molar-refractivity contribution >= 4 is 28.9 Å². The molecule has 4 heteroatoms. The van der Waals surface area contributed by atoms with Crippen molar-refractivity contribution in [1.29, 1.82) is 0 Å². The van der Waals surface area contributed by atoms with E-state index in [-0.39, 0.29) is 0 Å². The average molecular weight is 177 g/mol. The van der Waals surface area contributed by atoms with Crippen molar-refractivity contribution < 1.29 is 0 Å². The Bertz CT molecular complexity index is 237. The predicted molar refractivity (Wildman–Crippen MR) is 43.2 cm³/mol. The van der Waals surface area contributed by atoms with Crippen molar-refractivity contribution in [1.82, 2.24) is 4.98 Å². The second-order valence-electron chi connectivity index (χ2n) is 1.79. The summed E-state index contributed by atoms with van der Waals surface area (Å²) >= 11 is 11.2. The number of anilines is 1. The Morgan fingerprint density at radius 2 is 2.30 bits per heavy atom. The Morgan fingerprint density at radius 1 is 1.60 bits per heavy atom. The predicted octanol–water partition coefficient (Wildman–Crippen LogP) is 2.06. The molecule has 0 saturated carbocycles. The van der Waals surface area contributed by atoms with Gasteiger partial charge in [-0.05, 0) is 6.07 Å². The fourth-order valence-corrected chi connectivity index (χ4v) is 0.975. The number of nitrogens with two attached hydrogens (primary N) is 1. The highest BCUT2D eigenvalue weighted by atomic mass is 35.5. The Kier molecular flexibility index (Phi) is 2.35. The number of pyridine rings is 1. The van der Waals surface area contributed by atoms with Gasteiger partial charge in [-0.2, -0.15) is 0 Å². The van der Waals surface area contributed by atoms with Gasteiger partial charge in [-0.3, -0.25) is 4.98 Å². The molecule has 54 valence electrons. The molecule has 1 heterocycles. The van der Waals surface area contributed by atoms with Gasteiger partial charge in [0, 0.05) is 6.20 Å². The molecule has 10 heavy (non-hydrogen) atoms. The third-order valence-electron chi connectivity index (χ3n) is 1.15. The van der Waals surface area contributed by atoms with Gasteiger partial charge in [0.05, 0.1) is 22.3 Å². The van der Waals surface area contributed by atoms with E-state index in [1.54, 1.807) is 12.3 Å². The summed E-state index contributed by atoms with van der Waals surface area (Å²) in [6.45, 7) is 0. The highest BCUT2D eigenvalue weighted by molar-refractivity contribution is 6.33. The summed E-state index contributed by atoms with van der Waals surface area (Å²) in [4.78, 5) is 3.92. The zero-order valence-corrected chi connectivity index (χ0v) is 6.65. The van der Waals surface area contributed by atoms with Crippen LogP contribution in [0.4, 0.5) is 5.69 Å². The molecule has 0 spiro atoms. The van der Waals surface area contributed by atoms with Crippen molar-refractivity contribution in [2.45, 2.75) is 5.88 Å². The molecule has 0 saturated heterocycles. The van der Waals surface area contributed by atoms with Crippen LogP contribution in [0, 0.1) is 0 Å². The number of nitrogen functional groups attached to an aromatic ring is 1. The maximum Gasteiger partial charge on any atom is 0.0795 e. The van der Waals surface area contributed by atoms with Crippen LogP contribution in [0.2, 0.25) is 5.02 Å². The van der Waals surface area contributed by atoms with Gasteiger partial charge in [-0.25, -0.2) is 0 Å². The lowest BCUT2D eigenvalue weighted by Gasteiger charge is -2.00. The van der Waals surface area contributed by atoms with Crippen LogP contribution in [0.5, 0.6) is 0 Å². The smallest absolute Gasteiger partial charge is 0.0795 e. The summed E-state index contributed by atoms with van der Waals surface area (Å²) in [5.74, 6) is 0.298. The highest BCUT2D eigenvalue weighted by Crippen LogP contribution is 2.20. The molecule has 0 bridgehead atoms. The lowest BCUT2D eigenvalue weighted by atomic mass is 10.3. The van der Waals surface area contributed by atoms with Crippen molar-refractivity contribution in [3.8, 4) is 0 Å². The highest BCUT2D eigenvalue weighted by Gasteiger charge is 2.01. The SMILES string of the molecule is Nc1c(Cl)ccnc1CCl. The zero-order chi connectivity index (χ0) is 7.56. The van der Waals surface area contributed by atoms with Crippen molar-refractivity contribution in [2.24, 2.45) is 0 Å². The molecule has 0 unspecified atom stereocenters. The maximum atomic E-state index is 5.67. The molecule has 2 nitrogen and oxygen atoms in total. The van der Waals surface area contributed by atoms with Crippen molar-refractivity contribution in [3.05, 3.63) is 23.0 Å². The van der Waals surface area contributed by atoms with Gasteiger partial charge in [0.15, 0.2) is 0 Å². The minimum atomic E-state index is 0.298. The van der Waals surface area contributed by atoms with Crippen LogP contribution < -0.4 is 5.73 Å². The number of rotatable bonds is 1. The first kappa shape index (κ1) is 7.63. The van der Waals surface area contributed by atoms with Crippen LogP contribution in [-0.4, -0.2) is 4.98 Å². The molecular formula is C6H6Cl2N2. The first-order valence-electron chi connectivity index (χ1n) is 2.70. The van der Waals surface area contributed by atoms with Crippen LogP contribution in [0.1, 0.15) is 5.69 Å². The molecule has 0 atom stereocenters. The third kappa shape index (κ3) is 1.33. The van der Waals surface area contributed by atoms with E-state index in [2.05, 4.69) is 4.98 Å². The molecule has 0 aliphatic carbocycles. The van der Waals surface area contributed by atoms with Crippen LogP contribution >= 0.6 is 23.2 Å². The van der Waals surface area contributed by atoms with E-state index in [1.807, 2.05) is 0 Å².